The van der Waals surface area contributed by atoms with Crippen LogP contribution >= 0.6 is 0 Å². The molecule has 2 N–H and O–H groups in total. The first-order valence-electron chi connectivity index (χ1n) is 8.70. The number of nitrogens with zero attached hydrogens (tertiary/aromatic N) is 1. The van der Waals surface area contributed by atoms with Crippen LogP contribution in [0.2, 0.25) is 0 Å². The molecule has 0 radical (unpaired) electrons. The summed E-state index contributed by atoms with van der Waals surface area (Å²) >= 11 is 0. The lowest BCUT2D eigenvalue weighted by molar-refractivity contribution is -0.137. The molecule has 1 fully saturated rings. The minimum Gasteiger partial charge on any atom is -0.361 e. The number of fused-ring (bicyclic) bond motifs is 1. The van der Waals surface area contributed by atoms with Crippen LogP contribution in [0, 0.1) is 0 Å². The average molecular weight is 373 g/mol. The monoisotopic (exact) mass is 373 g/mol. The minimum atomic E-state index is -4.49. The second-order valence-electron chi connectivity index (χ2n) is 6.63. The normalized spacial score (nSPS) is 17.8. The van der Waals surface area contributed by atoms with Crippen molar-refractivity contribution in [1.29, 1.82) is 0 Å². The summed E-state index contributed by atoms with van der Waals surface area (Å²) in [7, 11) is 0. The molecule has 27 heavy (non-hydrogen) atoms. The third-order valence-corrected chi connectivity index (χ3v) is 4.88. The van der Waals surface area contributed by atoms with E-state index in [4.69, 9.17) is 0 Å². The van der Waals surface area contributed by atoms with Crippen molar-refractivity contribution in [3.8, 4) is 0 Å². The number of hydrogen-bond donors (Lipinski definition) is 2. The zero-order valence-corrected chi connectivity index (χ0v) is 14.4. The molecule has 1 aromatic heterocycles. The van der Waals surface area contributed by atoms with E-state index in [-0.39, 0.29) is 18.1 Å². The SMILES string of the molecule is O=C1[C@H](NCc2ccc3[nH]ccc3c2)CCN1c1ccccc1C(F)(F)F. The standard InChI is InChI=1S/C20H18F3N3O/c21-20(22,23)15-3-1-2-4-18(15)26-10-8-17(19(26)27)25-12-13-5-6-16-14(11-13)7-9-24-16/h1-7,9,11,17,24-25H,8,10,12H2/t17-/m1/s1. The van der Waals surface area contributed by atoms with Gasteiger partial charge in [0.25, 0.3) is 0 Å². The fourth-order valence-corrected chi connectivity index (χ4v) is 3.51. The molecule has 3 aromatic rings. The Morgan fingerprint density at radius 1 is 1.15 bits per heavy atom. The molecule has 1 atom stereocenters. The first-order valence-corrected chi connectivity index (χ1v) is 8.70. The first kappa shape index (κ1) is 17.6. The smallest absolute Gasteiger partial charge is 0.361 e. The van der Waals surface area contributed by atoms with Crippen LogP contribution in [0.25, 0.3) is 10.9 Å². The number of halogens is 3. The Bertz CT molecular complexity index is 980. The minimum absolute atomic E-state index is 0.0759. The first-order chi connectivity index (χ1) is 12.9. The van der Waals surface area contributed by atoms with E-state index in [0.29, 0.717) is 13.0 Å². The zero-order chi connectivity index (χ0) is 19.0. The number of carbonyl (C=O) groups is 1. The Morgan fingerprint density at radius 2 is 1.96 bits per heavy atom. The highest BCUT2D eigenvalue weighted by molar-refractivity contribution is 6.00. The second-order valence-corrected chi connectivity index (χ2v) is 6.63. The van der Waals surface area contributed by atoms with Gasteiger partial charge in [0.2, 0.25) is 5.91 Å². The van der Waals surface area contributed by atoms with Crippen LogP contribution < -0.4 is 10.2 Å². The van der Waals surface area contributed by atoms with Crippen molar-refractivity contribution in [1.82, 2.24) is 10.3 Å². The van der Waals surface area contributed by atoms with Crippen molar-refractivity contribution >= 4 is 22.5 Å². The van der Waals surface area contributed by atoms with Gasteiger partial charge in [-0.1, -0.05) is 18.2 Å². The molecular weight excluding hydrogens is 355 g/mol. The second kappa shape index (κ2) is 6.74. The summed E-state index contributed by atoms with van der Waals surface area (Å²) in [6, 6.07) is 12.6. The van der Waals surface area contributed by atoms with Gasteiger partial charge in [0, 0.05) is 24.8 Å². The third-order valence-electron chi connectivity index (χ3n) is 4.88. The Kier molecular flexibility index (Phi) is 4.39. The number of amides is 1. The van der Waals surface area contributed by atoms with E-state index in [1.54, 1.807) is 0 Å². The number of H-pyrrole nitrogens is 1. The molecule has 4 nitrogen and oxygen atoms in total. The van der Waals surface area contributed by atoms with Crippen LogP contribution in [-0.4, -0.2) is 23.5 Å². The van der Waals surface area contributed by atoms with Crippen molar-refractivity contribution in [2.75, 3.05) is 11.4 Å². The van der Waals surface area contributed by atoms with Gasteiger partial charge >= 0.3 is 6.18 Å². The van der Waals surface area contributed by atoms with Crippen LogP contribution in [0.3, 0.4) is 0 Å². The summed E-state index contributed by atoms with van der Waals surface area (Å²) in [4.78, 5) is 17.0. The molecule has 1 amide bonds. The van der Waals surface area contributed by atoms with Crippen LogP contribution in [0.4, 0.5) is 18.9 Å². The van der Waals surface area contributed by atoms with Crippen LogP contribution in [0.1, 0.15) is 17.5 Å². The van der Waals surface area contributed by atoms with Gasteiger partial charge in [-0.3, -0.25) is 4.79 Å². The van der Waals surface area contributed by atoms with Gasteiger partial charge in [-0.25, -0.2) is 0 Å². The fourth-order valence-electron chi connectivity index (χ4n) is 3.51. The highest BCUT2D eigenvalue weighted by Crippen LogP contribution is 2.37. The predicted molar refractivity (Wildman–Crippen MR) is 97.3 cm³/mol. The lowest BCUT2D eigenvalue weighted by Gasteiger charge is -2.21. The van der Waals surface area contributed by atoms with Crippen molar-refractivity contribution in [3.63, 3.8) is 0 Å². The fraction of sp³-hybridized carbons (Fsp3) is 0.250. The molecule has 140 valence electrons. The maximum absolute atomic E-state index is 13.2. The summed E-state index contributed by atoms with van der Waals surface area (Å²) in [5, 5.41) is 4.26. The Balaban J connectivity index is 1.47. The van der Waals surface area contributed by atoms with Gasteiger partial charge in [-0.15, -0.1) is 0 Å². The highest BCUT2D eigenvalue weighted by atomic mass is 19.4. The number of aromatic nitrogens is 1. The van der Waals surface area contributed by atoms with E-state index in [9.17, 15) is 18.0 Å². The Labute approximate surface area is 154 Å². The largest absolute Gasteiger partial charge is 0.418 e. The Hall–Kier alpha value is -2.80. The van der Waals surface area contributed by atoms with E-state index in [0.717, 1.165) is 22.5 Å². The van der Waals surface area contributed by atoms with Crippen molar-refractivity contribution in [3.05, 3.63) is 65.9 Å². The number of anilines is 1. The third kappa shape index (κ3) is 3.42. The molecule has 0 bridgehead atoms. The quantitative estimate of drug-likeness (QED) is 0.724. The highest BCUT2D eigenvalue weighted by Gasteiger charge is 2.39. The van der Waals surface area contributed by atoms with E-state index >= 15 is 0 Å². The van der Waals surface area contributed by atoms with Crippen LogP contribution in [0.5, 0.6) is 0 Å². The van der Waals surface area contributed by atoms with E-state index in [2.05, 4.69) is 10.3 Å². The van der Waals surface area contributed by atoms with Gasteiger partial charge in [0.15, 0.2) is 0 Å². The molecule has 4 rings (SSSR count). The van der Waals surface area contributed by atoms with Crippen LogP contribution in [-0.2, 0) is 17.5 Å². The number of benzene rings is 2. The molecule has 1 saturated heterocycles. The maximum Gasteiger partial charge on any atom is 0.418 e. The van der Waals surface area contributed by atoms with E-state index in [1.807, 2.05) is 30.5 Å². The van der Waals surface area contributed by atoms with Crippen molar-refractivity contribution in [2.24, 2.45) is 0 Å². The molecule has 7 heteroatoms. The van der Waals surface area contributed by atoms with Gasteiger partial charge < -0.3 is 15.2 Å². The molecule has 0 saturated carbocycles. The van der Waals surface area contributed by atoms with E-state index in [1.165, 1.54) is 23.1 Å². The van der Waals surface area contributed by atoms with E-state index < -0.39 is 17.8 Å². The van der Waals surface area contributed by atoms with Crippen molar-refractivity contribution < 1.29 is 18.0 Å². The molecule has 1 aliphatic heterocycles. The number of para-hydroxylation sites is 1. The average Bonchev–Trinajstić information content (AvgIpc) is 3.25. The zero-order valence-electron chi connectivity index (χ0n) is 14.4. The van der Waals surface area contributed by atoms with Gasteiger partial charge in [0.05, 0.1) is 17.3 Å². The molecule has 0 unspecified atom stereocenters. The summed E-state index contributed by atoms with van der Waals surface area (Å²) in [6.07, 6.45) is -2.16. The number of nitrogens with one attached hydrogen (secondary N) is 2. The summed E-state index contributed by atoms with van der Waals surface area (Å²) in [6.45, 7) is 0.743. The number of carbonyl (C=O) groups excluding carboxylic acids is 1. The maximum atomic E-state index is 13.2. The lowest BCUT2D eigenvalue weighted by atomic mass is 10.1. The topological polar surface area (TPSA) is 48.1 Å². The molecule has 1 aliphatic rings. The molecular formula is C20H18F3N3O. The van der Waals surface area contributed by atoms with Gasteiger partial charge in [-0.05, 0) is 47.7 Å². The summed E-state index contributed by atoms with van der Waals surface area (Å²) in [5.41, 5.74) is 1.19. The van der Waals surface area contributed by atoms with Crippen LogP contribution in [0.15, 0.2) is 54.7 Å². The summed E-state index contributed by atoms with van der Waals surface area (Å²) < 4.78 is 39.7. The molecule has 2 heterocycles. The van der Waals surface area contributed by atoms with Gasteiger partial charge in [-0.2, -0.15) is 13.2 Å². The number of hydrogen-bond acceptors (Lipinski definition) is 2. The number of aromatic amines is 1. The number of alkyl halides is 3. The van der Waals surface area contributed by atoms with Gasteiger partial charge in [0.1, 0.15) is 0 Å². The predicted octanol–water partition coefficient (Wildman–Crippen LogP) is 4.08. The Morgan fingerprint density at radius 3 is 2.78 bits per heavy atom. The van der Waals surface area contributed by atoms with Crippen molar-refractivity contribution in [2.45, 2.75) is 25.2 Å². The lowest BCUT2D eigenvalue weighted by Crippen LogP contribution is -2.38. The molecule has 0 spiro atoms. The summed E-state index contributed by atoms with van der Waals surface area (Å²) in [5.74, 6) is -0.325. The molecule has 0 aliphatic carbocycles. The number of rotatable bonds is 4. The molecule has 2 aromatic carbocycles.